The molecule has 1 heterocycles. The van der Waals surface area contributed by atoms with E-state index in [-0.39, 0.29) is 5.76 Å². The van der Waals surface area contributed by atoms with E-state index in [0.29, 0.717) is 17.1 Å². The zero-order valence-electron chi connectivity index (χ0n) is 13.0. The Bertz CT molecular complexity index is 816. The average molecular weight is 316 g/mol. The number of para-hydroxylation sites is 1. The van der Waals surface area contributed by atoms with Gasteiger partial charge in [0.2, 0.25) is 0 Å². The summed E-state index contributed by atoms with van der Waals surface area (Å²) in [5, 5.41) is 9.76. The highest BCUT2D eigenvalue weighted by Crippen LogP contribution is 2.31. The van der Waals surface area contributed by atoms with Crippen molar-refractivity contribution in [3.8, 4) is 17.2 Å². The topological polar surface area (TPSA) is 86.0 Å². The molecule has 0 saturated carbocycles. The summed E-state index contributed by atoms with van der Waals surface area (Å²) >= 11 is 0. The van der Waals surface area contributed by atoms with Gasteiger partial charge in [0.05, 0.1) is 14.2 Å². The first-order valence-electron chi connectivity index (χ1n) is 6.75. The summed E-state index contributed by atoms with van der Waals surface area (Å²) in [4.78, 5) is 23.9. The number of carbonyl (C=O) groups excluding carboxylic acids is 1. The van der Waals surface area contributed by atoms with Crippen LogP contribution in [0.25, 0.3) is 6.08 Å². The minimum Gasteiger partial charge on any atom is -0.507 e. The molecule has 0 radical (unpaired) electrons. The third-order valence-corrected chi connectivity index (χ3v) is 3.15. The van der Waals surface area contributed by atoms with Crippen molar-refractivity contribution in [2.24, 2.45) is 0 Å². The molecule has 0 fully saturated rings. The Hall–Kier alpha value is -3.02. The molecule has 0 atom stereocenters. The zero-order valence-corrected chi connectivity index (χ0v) is 13.0. The summed E-state index contributed by atoms with van der Waals surface area (Å²) < 4.78 is 15.3. The molecular weight excluding hydrogens is 300 g/mol. The molecule has 6 nitrogen and oxygen atoms in total. The summed E-state index contributed by atoms with van der Waals surface area (Å²) in [6.07, 6.45) is 2.64. The normalized spacial score (nSPS) is 10.7. The lowest BCUT2D eigenvalue weighted by Crippen LogP contribution is -2.12. The number of benzene rings is 1. The number of ketones is 1. The van der Waals surface area contributed by atoms with Gasteiger partial charge in [-0.05, 0) is 25.1 Å². The van der Waals surface area contributed by atoms with Gasteiger partial charge in [-0.1, -0.05) is 12.1 Å². The Morgan fingerprint density at radius 3 is 2.61 bits per heavy atom. The van der Waals surface area contributed by atoms with Crippen LogP contribution < -0.4 is 15.1 Å². The number of methoxy groups -OCH3 is 2. The minimum absolute atomic E-state index is 0.225. The Morgan fingerprint density at radius 2 is 2.00 bits per heavy atom. The molecule has 0 saturated heterocycles. The number of hydrogen-bond acceptors (Lipinski definition) is 6. The van der Waals surface area contributed by atoms with Gasteiger partial charge in [0.15, 0.2) is 17.3 Å². The fourth-order valence-electron chi connectivity index (χ4n) is 2.11. The first-order chi connectivity index (χ1) is 11.0. The second-order valence-corrected chi connectivity index (χ2v) is 4.69. The van der Waals surface area contributed by atoms with E-state index in [0.717, 1.165) is 0 Å². The third-order valence-electron chi connectivity index (χ3n) is 3.15. The summed E-state index contributed by atoms with van der Waals surface area (Å²) in [7, 11) is 2.99. The molecule has 0 bridgehead atoms. The number of aryl methyl sites for hydroxylation is 1. The summed E-state index contributed by atoms with van der Waals surface area (Å²) in [5.41, 5.74) is -0.695. The number of allylic oxidation sites excluding steroid dienone is 1. The van der Waals surface area contributed by atoms with Crippen molar-refractivity contribution in [1.29, 1.82) is 0 Å². The molecule has 1 aromatic heterocycles. The van der Waals surface area contributed by atoms with Gasteiger partial charge in [-0.3, -0.25) is 4.79 Å². The van der Waals surface area contributed by atoms with Crippen LogP contribution in [-0.2, 0) is 0 Å². The molecule has 0 aliphatic rings. The van der Waals surface area contributed by atoms with Gasteiger partial charge in [0.25, 0.3) is 0 Å². The highest BCUT2D eigenvalue weighted by Gasteiger charge is 2.16. The lowest BCUT2D eigenvalue weighted by molar-refractivity contribution is 0.104. The molecule has 1 aromatic carbocycles. The fraction of sp³-hybridized carbons (Fsp3) is 0.176. The number of aromatic hydroxyl groups is 1. The standard InChI is InChI=1S/C17H16O6/c1-10-9-13(19)15(17(20)23-10)12(18)8-7-11-5-4-6-14(21-2)16(11)22-3/h4-9,19H,1-3H3. The van der Waals surface area contributed by atoms with Crippen LogP contribution in [0.1, 0.15) is 21.7 Å². The predicted molar refractivity (Wildman–Crippen MR) is 84.3 cm³/mol. The number of carbonyl (C=O) groups is 1. The van der Waals surface area contributed by atoms with E-state index in [1.165, 1.54) is 39.4 Å². The first-order valence-corrected chi connectivity index (χ1v) is 6.75. The quantitative estimate of drug-likeness (QED) is 0.674. The van der Waals surface area contributed by atoms with Crippen LogP contribution in [0.4, 0.5) is 0 Å². The van der Waals surface area contributed by atoms with Crippen LogP contribution in [0.5, 0.6) is 17.2 Å². The van der Waals surface area contributed by atoms with E-state index >= 15 is 0 Å². The molecule has 0 amide bonds. The van der Waals surface area contributed by atoms with Gasteiger partial charge < -0.3 is 19.0 Å². The van der Waals surface area contributed by atoms with E-state index in [9.17, 15) is 14.7 Å². The second-order valence-electron chi connectivity index (χ2n) is 4.69. The third kappa shape index (κ3) is 3.42. The van der Waals surface area contributed by atoms with Crippen molar-refractivity contribution >= 4 is 11.9 Å². The lowest BCUT2D eigenvalue weighted by atomic mass is 10.1. The van der Waals surface area contributed by atoms with E-state index < -0.39 is 22.7 Å². The molecule has 0 unspecified atom stereocenters. The van der Waals surface area contributed by atoms with E-state index in [1.807, 2.05) is 0 Å². The molecule has 120 valence electrons. The Kier molecular flexibility index (Phi) is 4.85. The molecule has 6 heteroatoms. The number of hydrogen-bond donors (Lipinski definition) is 1. The molecular formula is C17H16O6. The minimum atomic E-state index is -0.880. The van der Waals surface area contributed by atoms with Crippen LogP contribution in [0, 0.1) is 6.92 Å². The summed E-state index contributed by atoms with van der Waals surface area (Å²) in [6.45, 7) is 1.51. The van der Waals surface area contributed by atoms with Gasteiger partial charge in [0, 0.05) is 11.6 Å². The van der Waals surface area contributed by atoms with Crippen LogP contribution in [0.15, 0.2) is 39.6 Å². The van der Waals surface area contributed by atoms with Crippen molar-refractivity contribution < 1.29 is 23.8 Å². The predicted octanol–water partition coefficient (Wildman–Crippen LogP) is 2.57. The Morgan fingerprint density at radius 1 is 1.26 bits per heavy atom. The van der Waals surface area contributed by atoms with Crippen molar-refractivity contribution in [3.05, 3.63) is 57.6 Å². The van der Waals surface area contributed by atoms with Crippen molar-refractivity contribution in [2.45, 2.75) is 6.92 Å². The highest BCUT2D eigenvalue weighted by atomic mass is 16.5. The largest absolute Gasteiger partial charge is 0.507 e. The molecule has 0 aliphatic carbocycles. The maximum absolute atomic E-state index is 12.1. The average Bonchev–Trinajstić information content (AvgIpc) is 2.51. The zero-order chi connectivity index (χ0) is 17.0. The smallest absolute Gasteiger partial charge is 0.351 e. The molecule has 0 aliphatic heterocycles. The molecule has 2 rings (SSSR count). The van der Waals surface area contributed by atoms with E-state index in [2.05, 4.69) is 0 Å². The summed E-state index contributed by atoms with van der Waals surface area (Å²) in [5.74, 6) is 0.119. The van der Waals surface area contributed by atoms with E-state index in [1.54, 1.807) is 18.2 Å². The van der Waals surface area contributed by atoms with Crippen LogP contribution >= 0.6 is 0 Å². The van der Waals surface area contributed by atoms with E-state index in [4.69, 9.17) is 13.9 Å². The Balaban J connectivity index is 2.38. The molecule has 1 N–H and O–H groups in total. The number of ether oxygens (including phenoxy) is 2. The van der Waals surface area contributed by atoms with Gasteiger partial charge in [0.1, 0.15) is 17.1 Å². The van der Waals surface area contributed by atoms with Crippen LogP contribution in [0.3, 0.4) is 0 Å². The van der Waals surface area contributed by atoms with Crippen molar-refractivity contribution in [1.82, 2.24) is 0 Å². The van der Waals surface area contributed by atoms with Gasteiger partial charge in [-0.15, -0.1) is 0 Å². The first kappa shape index (κ1) is 16.4. The van der Waals surface area contributed by atoms with Crippen LogP contribution in [0.2, 0.25) is 0 Å². The van der Waals surface area contributed by atoms with Gasteiger partial charge in [-0.2, -0.15) is 0 Å². The maximum atomic E-state index is 12.1. The molecule has 2 aromatic rings. The summed E-state index contributed by atoms with van der Waals surface area (Å²) in [6, 6.07) is 6.40. The van der Waals surface area contributed by atoms with Crippen LogP contribution in [-0.4, -0.2) is 25.1 Å². The number of rotatable bonds is 5. The second kappa shape index (κ2) is 6.83. The molecule has 0 spiro atoms. The maximum Gasteiger partial charge on any atom is 0.351 e. The lowest BCUT2D eigenvalue weighted by Gasteiger charge is -2.09. The van der Waals surface area contributed by atoms with Gasteiger partial charge in [-0.25, -0.2) is 4.79 Å². The SMILES string of the molecule is COc1cccc(C=CC(=O)c2c(O)cc(C)oc2=O)c1OC. The Labute approximate surface area is 132 Å². The van der Waals surface area contributed by atoms with Crippen molar-refractivity contribution in [2.75, 3.05) is 14.2 Å². The van der Waals surface area contributed by atoms with Gasteiger partial charge >= 0.3 is 5.63 Å². The monoisotopic (exact) mass is 316 g/mol. The molecule has 23 heavy (non-hydrogen) atoms. The fourth-order valence-corrected chi connectivity index (χ4v) is 2.11. The van der Waals surface area contributed by atoms with Crippen molar-refractivity contribution in [3.63, 3.8) is 0 Å². The highest BCUT2D eigenvalue weighted by molar-refractivity contribution is 6.08.